The Morgan fingerprint density at radius 3 is 2.30 bits per heavy atom. The maximum atomic E-state index is 13.8. The minimum atomic E-state index is -4.17. The third-order valence-electron chi connectivity index (χ3n) is 5.24. The molecule has 11 heteroatoms. The molecule has 2 amide bonds. The maximum Gasteiger partial charge on any atom is 0.244 e. The van der Waals surface area contributed by atoms with E-state index in [0.717, 1.165) is 25.2 Å². The summed E-state index contributed by atoms with van der Waals surface area (Å²) in [5, 5.41) is 0. The van der Waals surface area contributed by atoms with Crippen molar-refractivity contribution in [2.75, 3.05) is 59.0 Å². The Labute approximate surface area is 175 Å². The lowest BCUT2D eigenvalue weighted by atomic mass is 10.2. The third-order valence-corrected chi connectivity index (χ3v) is 6.81. The smallest absolute Gasteiger partial charge is 0.244 e. The van der Waals surface area contributed by atoms with Crippen molar-refractivity contribution in [3.8, 4) is 0 Å². The van der Waals surface area contributed by atoms with Gasteiger partial charge >= 0.3 is 0 Å². The van der Waals surface area contributed by atoms with Crippen LogP contribution in [0.25, 0.3) is 0 Å². The summed E-state index contributed by atoms with van der Waals surface area (Å²) in [5.41, 5.74) is 0. The van der Waals surface area contributed by atoms with Gasteiger partial charge in [0.05, 0.1) is 25.8 Å². The third kappa shape index (κ3) is 5.54. The van der Waals surface area contributed by atoms with Crippen LogP contribution in [0.3, 0.4) is 0 Å². The largest absolute Gasteiger partial charge is 0.379 e. The summed E-state index contributed by atoms with van der Waals surface area (Å²) in [7, 11) is -4.17. The number of carbonyl (C=O) groups is 2. The highest BCUT2D eigenvalue weighted by Gasteiger charge is 2.30. The summed E-state index contributed by atoms with van der Waals surface area (Å²) >= 11 is 0. The zero-order chi connectivity index (χ0) is 21.7. The molecule has 2 heterocycles. The van der Waals surface area contributed by atoms with Crippen molar-refractivity contribution in [3.05, 3.63) is 30.1 Å². The van der Waals surface area contributed by atoms with Gasteiger partial charge in [0.2, 0.25) is 21.8 Å². The van der Waals surface area contributed by atoms with Crippen LogP contribution in [0.4, 0.5) is 4.39 Å². The molecule has 0 bridgehead atoms. The minimum Gasteiger partial charge on any atom is -0.379 e. The quantitative estimate of drug-likeness (QED) is 0.638. The van der Waals surface area contributed by atoms with Crippen LogP contribution in [0.15, 0.2) is 29.2 Å². The first-order valence-electron chi connectivity index (χ1n) is 9.91. The van der Waals surface area contributed by atoms with Crippen LogP contribution in [0.2, 0.25) is 0 Å². The van der Waals surface area contributed by atoms with Crippen LogP contribution in [-0.2, 0) is 24.3 Å². The predicted molar refractivity (Wildman–Crippen MR) is 107 cm³/mol. The summed E-state index contributed by atoms with van der Waals surface area (Å²) in [5.74, 6) is -1.27. The molecule has 2 aliphatic heterocycles. The zero-order valence-electron chi connectivity index (χ0n) is 16.9. The molecule has 1 atom stereocenters. The number of piperazine rings is 1. The van der Waals surface area contributed by atoms with E-state index in [4.69, 9.17) is 4.74 Å². The van der Waals surface area contributed by atoms with Crippen LogP contribution < -0.4 is 4.72 Å². The van der Waals surface area contributed by atoms with Crippen molar-refractivity contribution < 1.29 is 27.1 Å². The highest BCUT2D eigenvalue weighted by molar-refractivity contribution is 7.89. The molecule has 166 valence electrons. The van der Waals surface area contributed by atoms with Gasteiger partial charge < -0.3 is 14.5 Å². The lowest BCUT2D eigenvalue weighted by molar-refractivity contribution is -0.141. The van der Waals surface area contributed by atoms with Gasteiger partial charge in [-0.15, -0.1) is 0 Å². The first kappa shape index (κ1) is 22.6. The van der Waals surface area contributed by atoms with E-state index in [1.165, 1.54) is 24.0 Å². The van der Waals surface area contributed by atoms with Gasteiger partial charge in [-0.25, -0.2) is 12.8 Å². The first-order chi connectivity index (χ1) is 14.3. The fourth-order valence-electron chi connectivity index (χ4n) is 3.51. The highest BCUT2D eigenvalue weighted by Crippen LogP contribution is 2.14. The van der Waals surface area contributed by atoms with Gasteiger partial charge in [0.25, 0.3) is 0 Å². The van der Waals surface area contributed by atoms with E-state index < -0.39 is 32.7 Å². The second kappa shape index (κ2) is 9.82. The number of amides is 2. The number of nitrogens with one attached hydrogen (secondary N) is 1. The molecule has 0 aliphatic carbocycles. The highest BCUT2D eigenvalue weighted by atomic mass is 32.2. The van der Waals surface area contributed by atoms with Crippen LogP contribution >= 0.6 is 0 Å². The molecule has 0 saturated carbocycles. The first-order valence-corrected chi connectivity index (χ1v) is 11.4. The number of hydrogen-bond donors (Lipinski definition) is 1. The minimum absolute atomic E-state index is 0.0114. The summed E-state index contributed by atoms with van der Waals surface area (Å²) in [6.07, 6.45) is 0. The summed E-state index contributed by atoms with van der Waals surface area (Å²) in [6.45, 7) is 5.87. The van der Waals surface area contributed by atoms with Gasteiger partial charge in [0.1, 0.15) is 10.7 Å². The normalized spacial score (nSPS) is 19.5. The standard InChI is InChI=1S/C19H27FN4O5S/c1-15(21-30(27,28)17-5-3-2-4-16(17)20)19(26)24-8-6-23(7-9-24)18(25)14-22-10-12-29-13-11-22/h2-5,15,21H,6-14H2,1H3/t15-/m0/s1. The summed E-state index contributed by atoms with van der Waals surface area (Å²) in [6, 6.07) is 3.95. The molecule has 30 heavy (non-hydrogen) atoms. The number of benzene rings is 1. The summed E-state index contributed by atoms with van der Waals surface area (Å²) < 4.78 is 46.1. The van der Waals surface area contributed by atoms with Crippen molar-refractivity contribution in [1.29, 1.82) is 0 Å². The Hall–Kier alpha value is -2.08. The Morgan fingerprint density at radius 2 is 1.67 bits per heavy atom. The van der Waals surface area contributed by atoms with E-state index in [0.29, 0.717) is 45.9 Å². The Kier molecular flexibility index (Phi) is 7.40. The van der Waals surface area contributed by atoms with E-state index in [1.54, 1.807) is 4.90 Å². The second-order valence-electron chi connectivity index (χ2n) is 7.37. The molecule has 3 rings (SSSR count). The van der Waals surface area contributed by atoms with Crippen LogP contribution in [0.1, 0.15) is 6.92 Å². The molecule has 9 nitrogen and oxygen atoms in total. The van der Waals surface area contributed by atoms with Crippen molar-refractivity contribution in [2.24, 2.45) is 0 Å². The molecule has 2 aliphatic rings. The number of carbonyl (C=O) groups excluding carboxylic acids is 2. The fraction of sp³-hybridized carbons (Fsp3) is 0.579. The van der Waals surface area contributed by atoms with Crippen molar-refractivity contribution >= 4 is 21.8 Å². The lowest BCUT2D eigenvalue weighted by Gasteiger charge is -2.37. The maximum absolute atomic E-state index is 13.8. The number of hydrogen-bond acceptors (Lipinski definition) is 6. The molecule has 1 N–H and O–H groups in total. The molecule has 2 saturated heterocycles. The van der Waals surface area contributed by atoms with Crippen molar-refractivity contribution in [1.82, 2.24) is 19.4 Å². The molecule has 0 unspecified atom stereocenters. The average Bonchev–Trinajstić information content (AvgIpc) is 2.74. The van der Waals surface area contributed by atoms with E-state index in [9.17, 15) is 22.4 Å². The molecular weight excluding hydrogens is 415 g/mol. The van der Waals surface area contributed by atoms with E-state index in [1.807, 2.05) is 4.90 Å². The molecule has 1 aromatic carbocycles. The van der Waals surface area contributed by atoms with Crippen LogP contribution in [-0.4, -0.2) is 100 Å². The van der Waals surface area contributed by atoms with Gasteiger partial charge in [0, 0.05) is 39.3 Å². The molecule has 0 aromatic heterocycles. The Bertz CT molecular complexity index is 867. The topological polar surface area (TPSA) is 99.3 Å². The number of halogens is 1. The van der Waals surface area contributed by atoms with Crippen molar-refractivity contribution in [3.63, 3.8) is 0 Å². The van der Waals surface area contributed by atoms with E-state index in [2.05, 4.69) is 4.72 Å². The lowest BCUT2D eigenvalue weighted by Crippen LogP contribution is -2.56. The van der Waals surface area contributed by atoms with Gasteiger partial charge in [-0.3, -0.25) is 14.5 Å². The molecule has 0 spiro atoms. The predicted octanol–water partition coefficient (Wildman–Crippen LogP) is -0.504. The number of rotatable bonds is 6. The summed E-state index contributed by atoms with van der Waals surface area (Å²) in [4.78, 5) is 29.9. The van der Waals surface area contributed by atoms with Crippen LogP contribution in [0.5, 0.6) is 0 Å². The Morgan fingerprint density at radius 1 is 1.07 bits per heavy atom. The molecular formula is C19H27FN4O5S. The number of ether oxygens (including phenoxy) is 1. The second-order valence-corrected chi connectivity index (χ2v) is 9.05. The number of sulfonamides is 1. The SMILES string of the molecule is C[C@H](NS(=O)(=O)c1ccccc1F)C(=O)N1CCN(C(=O)CN2CCOCC2)CC1. The van der Waals surface area contributed by atoms with E-state index in [-0.39, 0.29) is 5.91 Å². The van der Waals surface area contributed by atoms with Crippen LogP contribution in [0, 0.1) is 5.82 Å². The number of morpholine rings is 1. The van der Waals surface area contributed by atoms with Gasteiger partial charge in [0.15, 0.2) is 0 Å². The number of nitrogens with zero attached hydrogens (tertiary/aromatic N) is 3. The monoisotopic (exact) mass is 442 g/mol. The van der Waals surface area contributed by atoms with Gasteiger partial charge in [-0.2, -0.15) is 4.72 Å². The zero-order valence-corrected chi connectivity index (χ0v) is 17.7. The molecule has 1 aromatic rings. The fourth-order valence-corrected chi connectivity index (χ4v) is 4.79. The van der Waals surface area contributed by atoms with Crippen molar-refractivity contribution in [2.45, 2.75) is 17.9 Å². The van der Waals surface area contributed by atoms with Gasteiger partial charge in [-0.1, -0.05) is 12.1 Å². The molecule has 0 radical (unpaired) electrons. The van der Waals surface area contributed by atoms with Gasteiger partial charge in [-0.05, 0) is 19.1 Å². The molecule has 2 fully saturated rings. The Balaban J connectivity index is 1.50. The van der Waals surface area contributed by atoms with E-state index >= 15 is 0 Å². The average molecular weight is 443 g/mol.